The molecule has 0 spiro atoms. The van der Waals surface area contributed by atoms with Crippen LogP contribution in [0.1, 0.15) is 24.5 Å². The van der Waals surface area contributed by atoms with Gasteiger partial charge < -0.3 is 20.1 Å². The van der Waals surface area contributed by atoms with E-state index >= 15 is 0 Å². The van der Waals surface area contributed by atoms with Crippen LogP contribution in [0.4, 0.5) is 5.69 Å². The number of anilines is 1. The van der Waals surface area contributed by atoms with Gasteiger partial charge >= 0.3 is 11.8 Å². The average molecular weight is 475 g/mol. The summed E-state index contributed by atoms with van der Waals surface area (Å²) in [4.78, 5) is 35.4. The van der Waals surface area contributed by atoms with Gasteiger partial charge in [0.05, 0.1) is 11.2 Å². The molecule has 0 atom stereocenters. The Kier molecular flexibility index (Phi) is 10.9. The van der Waals surface area contributed by atoms with Crippen molar-refractivity contribution in [2.45, 2.75) is 19.8 Å². The number of carbonyl (C=O) groups is 3. The molecule has 0 saturated heterocycles. The summed E-state index contributed by atoms with van der Waals surface area (Å²) in [5.41, 5.74) is 4.57. The molecule has 0 radical (unpaired) electrons. The second kappa shape index (κ2) is 13.9. The van der Waals surface area contributed by atoms with Gasteiger partial charge in [0.1, 0.15) is 5.75 Å². The van der Waals surface area contributed by atoms with Crippen LogP contribution in [0.15, 0.2) is 47.6 Å². The Labute approximate surface area is 197 Å². The first kappa shape index (κ1) is 25.8. The van der Waals surface area contributed by atoms with Gasteiger partial charge in [-0.05, 0) is 54.3 Å². The number of aryl methyl sites for hydroxylation is 1. The van der Waals surface area contributed by atoms with Gasteiger partial charge in [-0.2, -0.15) is 5.10 Å². The van der Waals surface area contributed by atoms with Crippen LogP contribution >= 0.6 is 11.6 Å². The minimum absolute atomic E-state index is 0.210. The highest BCUT2D eigenvalue weighted by Gasteiger charge is 2.11. The highest BCUT2D eigenvalue weighted by Crippen LogP contribution is 2.25. The molecule has 0 aromatic heterocycles. The summed E-state index contributed by atoms with van der Waals surface area (Å²) in [6, 6.07) is 12.3. The van der Waals surface area contributed by atoms with Crippen molar-refractivity contribution in [1.82, 2.24) is 10.7 Å². The summed E-state index contributed by atoms with van der Waals surface area (Å²) in [6.07, 6.45) is 2.85. The summed E-state index contributed by atoms with van der Waals surface area (Å²) in [5, 5.41) is 9.21. The highest BCUT2D eigenvalue weighted by atomic mass is 35.5. The maximum absolute atomic E-state index is 12.1. The van der Waals surface area contributed by atoms with Crippen LogP contribution in [0.25, 0.3) is 0 Å². The number of methoxy groups -OCH3 is 1. The monoisotopic (exact) mass is 474 g/mol. The third-order valence-corrected chi connectivity index (χ3v) is 4.65. The molecule has 0 fully saturated rings. The number of halogens is 1. The molecule has 2 aromatic carbocycles. The fourth-order valence-corrected chi connectivity index (χ4v) is 2.84. The van der Waals surface area contributed by atoms with Crippen molar-refractivity contribution >= 4 is 41.2 Å². The lowest BCUT2D eigenvalue weighted by molar-refractivity contribution is -0.139. The van der Waals surface area contributed by atoms with Crippen molar-refractivity contribution in [3.8, 4) is 5.75 Å². The lowest BCUT2D eigenvalue weighted by atomic mass is 10.1. The second-order valence-corrected chi connectivity index (χ2v) is 7.29. The van der Waals surface area contributed by atoms with E-state index in [4.69, 9.17) is 21.1 Å². The molecule has 3 amide bonds. The van der Waals surface area contributed by atoms with Crippen LogP contribution in [0, 0.1) is 0 Å². The van der Waals surface area contributed by atoms with Gasteiger partial charge in [-0.1, -0.05) is 30.7 Å². The Balaban J connectivity index is 1.79. The van der Waals surface area contributed by atoms with Gasteiger partial charge in [0.2, 0.25) is 0 Å². The number of ether oxygens (including phenoxy) is 2. The molecule has 0 saturated carbocycles. The van der Waals surface area contributed by atoms with E-state index in [0.29, 0.717) is 36.6 Å². The number of nitrogens with zero attached hydrogens (tertiary/aromatic N) is 1. The van der Waals surface area contributed by atoms with Crippen LogP contribution in [0.5, 0.6) is 5.75 Å². The number of nitrogens with one attached hydrogen (secondary N) is 3. The number of carbonyl (C=O) groups excluding carboxylic acids is 3. The fraction of sp³-hybridized carbons (Fsp3) is 0.304. The third kappa shape index (κ3) is 9.30. The third-order valence-electron chi connectivity index (χ3n) is 4.36. The van der Waals surface area contributed by atoms with Gasteiger partial charge in [0.25, 0.3) is 5.91 Å². The number of benzene rings is 2. The predicted octanol–water partition coefficient (Wildman–Crippen LogP) is 2.52. The lowest BCUT2D eigenvalue weighted by Gasteiger charge is -2.09. The Morgan fingerprint density at radius 1 is 1.09 bits per heavy atom. The molecule has 9 nitrogen and oxygen atoms in total. The number of amides is 3. The minimum Gasteiger partial charge on any atom is -0.482 e. The Hall–Kier alpha value is -3.43. The smallest absolute Gasteiger partial charge is 0.329 e. The van der Waals surface area contributed by atoms with E-state index in [1.807, 2.05) is 24.3 Å². The van der Waals surface area contributed by atoms with E-state index in [-0.39, 0.29) is 17.5 Å². The largest absolute Gasteiger partial charge is 0.482 e. The first-order valence-electron chi connectivity index (χ1n) is 10.3. The zero-order valence-electron chi connectivity index (χ0n) is 18.5. The van der Waals surface area contributed by atoms with E-state index in [1.165, 1.54) is 11.8 Å². The number of rotatable bonds is 11. The van der Waals surface area contributed by atoms with E-state index in [0.717, 1.165) is 6.42 Å². The quantitative estimate of drug-likeness (QED) is 0.200. The Morgan fingerprint density at radius 3 is 2.52 bits per heavy atom. The molecule has 0 aliphatic heterocycles. The van der Waals surface area contributed by atoms with Crippen LogP contribution in [0.2, 0.25) is 5.02 Å². The SMILES string of the molecule is CCc1ccc(NC(=O)COc2ccc(/C=N\NC(=O)C(=O)NCCCOC)cc2Cl)cc1. The van der Waals surface area contributed by atoms with Crippen molar-refractivity contribution in [2.75, 3.05) is 32.2 Å². The summed E-state index contributed by atoms with van der Waals surface area (Å²) in [7, 11) is 1.55. The van der Waals surface area contributed by atoms with Gasteiger partial charge in [-0.25, -0.2) is 5.43 Å². The highest BCUT2D eigenvalue weighted by molar-refractivity contribution is 6.35. The van der Waals surface area contributed by atoms with Crippen molar-refractivity contribution in [1.29, 1.82) is 0 Å². The standard InChI is InChI=1S/C23H27ClN4O5/c1-3-16-5-8-18(9-6-16)27-21(29)15-33-20-10-7-17(13-19(20)24)14-26-28-23(31)22(30)25-11-4-12-32-2/h5-10,13-14H,3-4,11-12,15H2,1-2H3,(H,25,30)(H,27,29)(H,28,31)/b26-14-. The molecular weight excluding hydrogens is 448 g/mol. The van der Waals surface area contributed by atoms with E-state index in [2.05, 4.69) is 28.1 Å². The second-order valence-electron chi connectivity index (χ2n) is 6.88. The van der Waals surface area contributed by atoms with Crippen molar-refractivity contribution < 1.29 is 23.9 Å². The zero-order chi connectivity index (χ0) is 24.1. The summed E-state index contributed by atoms with van der Waals surface area (Å²) in [6.45, 7) is 2.66. The van der Waals surface area contributed by atoms with E-state index in [1.54, 1.807) is 25.3 Å². The van der Waals surface area contributed by atoms with Gasteiger partial charge in [0.15, 0.2) is 6.61 Å². The molecule has 0 heterocycles. The molecule has 33 heavy (non-hydrogen) atoms. The Morgan fingerprint density at radius 2 is 1.85 bits per heavy atom. The molecule has 3 N–H and O–H groups in total. The predicted molar refractivity (Wildman–Crippen MR) is 127 cm³/mol. The van der Waals surface area contributed by atoms with Crippen LogP contribution < -0.4 is 20.8 Å². The van der Waals surface area contributed by atoms with Crippen molar-refractivity contribution in [3.05, 3.63) is 58.6 Å². The summed E-state index contributed by atoms with van der Waals surface area (Å²) in [5.74, 6) is -1.66. The number of hydrogen-bond acceptors (Lipinski definition) is 6. The van der Waals surface area contributed by atoms with Crippen molar-refractivity contribution in [2.24, 2.45) is 5.10 Å². The van der Waals surface area contributed by atoms with Crippen LogP contribution in [0.3, 0.4) is 0 Å². The topological polar surface area (TPSA) is 118 Å². The van der Waals surface area contributed by atoms with E-state index < -0.39 is 11.8 Å². The van der Waals surface area contributed by atoms with Crippen LogP contribution in [-0.2, 0) is 25.5 Å². The molecule has 176 valence electrons. The Bertz CT molecular complexity index is 979. The summed E-state index contributed by atoms with van der Waals surface area (Å²) >= 11 is 6.20. The number of hydrazone groups is 1. The lowest BCUT2D eigenvalue weighted by Crippen LogP contribution is -2.38. The van der Waals surface area contributed by atoms with Crippen LogP contribution in [-0.4, -0.2) is 50.8 Å². The van der Waals surface area contributed by atoms with Gasteiger partial charge in [-0.15, -0.1) is 0 Å². The first-order valence-corrected chi connectivity index (χ1v) is 10.7. The van der Waals surface area contributed by atoms with Crippen molar-refractivity contribution in [3.63, 3.8) is 0 Å². The summed E-state index contributed by atoms with van der Waals surface area (Å²) < 4.78 is 10.3. The molecule has 0 unspecified atom stereocenters. The first-order chi connectivity index (χ1) is 15.9. The van der Waals surface area contributed by atoms with Gasteiger partial charge in [0, 0.05) is 25.9 Å². The molecule has 0 bridgehead atoms. The molecule has 10 heteroatoms. The molecule has 2 rings (SSSR count). The normalized spacial score (nSPS) is 10.6. The molecular formula is C23H27ClN4O5. The zero-order valence-corrected chi connectivity index (χ0v) is 19.3. The average Bonchev–Trinajstić information content (AvgIpc) is 2.81. The minimum atomic E-state index is -0.884. The molecule has 0 aliphatic carbocycles. The fourth-order valence-electron chi connectivity index (χ4n) is 2.59. The van der Waals surface area contributed by atoms with E-state index in [9.17, 15) is 14.4 Å². The maximum Gasteiger partial charge on any atom is 0.329 e. The van der Waals surface area contributed by atoms with Gasteiger partial charge in [-0.3, -0.25) is 14.4 Å². The molecule has 2 aromatic rings. The maximum atomic E-state index is 12.1. The molecule has 0 aliphatic rings. The number of hydrogen-bond donors (Lipinski definition) is 3.